The lowest BCUT2D eigenvalue weighted by molar-refractivity contribution is -0.126. The molecule has 1 saturated carbocycles. The van der Waals surface area contributed by atoms with Crippen LogP contribution in [0.2, 0.25) is 0 Å². The third-order valence-electron chi connectivity index (χ3n) is 4.88. The number of carbonyl (C=O) groups is 1. The van der Waals surface area contributed by atoms with Crippen molar-refractivity contribution in [3.05, 3.63) is 52.7 Å². The molecular formula is C18H21FN2O2. The molecule has 0 aliphatic heterocycles. The maximum absolute atomic E-state index is 13.6. The van der Waals surface area contributed by atoms with Gasteiger partial charge in [-0.3, -0.25) is 4.79 Å². The molecule has 5 heteroatoms. The number of amides is 1. The number of hydrogen-bond acceptors (Lipinski definition) is 3. The van der Waals surface area contributed by atoms with Gasteiger partial charge in [0.15, 0.2) is 0 Å². The second-order valence-corrected chi connectivity index (χ2v) is 6.28. The fourth-order valence-electron chi connectivity index (χ4n) is 3.50. The molecule has 1 aromatic heterocycles. The second kappa shape index (κ2) is 6.14. The van der Waals surface area contributed by atoms with Crippen LogP contribution in [0.1, 0.15) is 48.3 Å². The molecule has 4 nitrogen and oxygen atoms in total. The summed E-state index contributed by atoms with van der Waals surface area (Å²) in [6.45, 7) is 4.08. The maximum atomic E-state index is 13.6. The Labute approximate surface area is 135 Å². The van der Waals surface area contributed by atoms with Crippen molar-refractivity contribution in [3.8, 4) is 0 Å². The number of aromatic nitrogens is 1. The predicted molar refractivity (Wildman–Crippen MR) is 84.4 cm³/mol. The Balaban J connectivity index is 1.82. The van der Waals surface area contributed by atoms with Gasteiger partial charge in [-0.1, -0.05) is 30.1 Å². The molecule has 0 saturated heterocycles. The van der Waals surface area contributed by atoms with Crippen molar-refractivity contribution in [1.29, 1.82) is 0 Å². The van der Waals surface area contributed by atoms with Crippen molar-refractivity contribution in [2.24, 2.45) is 0 Å². The molecule has 23 heavy (non-hydrogen) atoms. The summed E-state index contributed by atoms with van der Waals surface area (Å²) in [5.41, 5.74) is 1.84. The molecule has 0 spiro atoms. The minimum Gasteiger partial charge on any atom is -0.361 e. The van der Waals surface area contributed by atoms with E-state index in [1.54, 1.807) is 6.07 Å². The second-order valence-electron chi connectivity index (χ2n) is 6.28. The molecule has 1 heterocycles. The summed E-state index contributed by atoms with van der Waals surface area (Å²) in [6, 6.07) is 6.42. The lowest BCUT2D eigenvalue weighted by Crippen LogP contribution is -2.42. The van der Waals surface area contributed by atoms with E-state index in [0.717, 1.165) is 42.5 Å². The quantitative estimate of drug-likeness (QED) is 0.938. The van der Waals surface area contributed by atoms with Crippen LogP contribution in [-0.2, 0) is 16.8 Å². The molecular weight excluding hydrogens is 295 g/mol. The normalized spacial score (nSPS) is 16.5. The van der Waals surface area contributed by atoms with Crippen LogP contribution in [0.5, 0.6) is 0 Å². The van der Waals surface area contributed by atoms with Crippen molar-refractivity contribution < 1.29 is 13.7 Å². The summed E-state index contributed by atoms with van der Waals surface area (Å²) < 4.78 is 18.7. The summed E-state index contributed by atoms with van der Waals surface area (Å²) in [7, 11) is 0. The third-order valence-corrected chi connectivity index (χ3v) is 4.88. The van der Waals surface area contributed by atoms with Crippen LogP contribution >= 0.6 is 0 Å². The van der Waals surface area contributed by atoms with Crippen molar-refractivity contribution in [1.82, 2.24) is 10.5 Å². The van der Waals surface area contributed by atoms with Crippen LogP contribution in [0.4, 0.5) is 4.39 Å². The van der Waals surface area contributed by atoms with E-state index >= 15 is 0 Å². The Hall–Kier alpha value is -2.17. The van der Waals surface area contributed by atoms with Gasteiger partial charge in [-0.15, -0.1) is 0 Å². The molecule has 1 aliphatic carbocycles. The van der Waals surface area contributed by atoms with Gasteiger partial charge in [-0.05, 0) is 44.4 Å². The van der Waals surface area contributed by atoms with Crippen molar-refractivity contribution in [2.45, 2.75) is 51.5 Å². The highest BCUT2D eigenvalue weighted by atomic mass is 19.1. The SMILES string of the molecule is Cc1noc(C)c1CNC(=O)C1(c2cccc(F)c2)CCCC1. The number of nitrogens with zero attached hydrogens (tertiary/aromatic N) is 1. The Morgan fingerprint density at radius 2 is 2.09 bits per heavy atom. The van der Waals surface area contributed by atoms with Crippen LogP contribution in [0.15, 0.2) is 28.8 Å². The highest BCUT2D eigenvalue weighted by molar-refractivity contribution is 5.88. The molecule has 0 bridgehead atoms. The zero-order chi connectivity index (χ0) is 16.4. The van der Waals surface area contributed by atoms with Gasteiger partial charge in [-0.25, -0.2) is 4.39 Å². The fraction of sp³-hybridized carbons (Fsp3) is 0.444. The third kappa shape index (κ3) is 2.87. The van der Waals surface area contributed by atoms with Gasteiger partial charge < -0.3 is 9.84 Å². The average Bonchev–Trinajstić information content (AvgIpc) is 3.14. The van der Waals surface area contributed by atoms with Gasteiger partial charge in [-0.2, -0.15) is 0 Å². The molecule has 122 valence electrons. The van der Waals surface area contributed by atoms with E-state index in [1.165, 1.54) is 12.1 Å². The summed E-state index contributed by atoms with van der Waals surface area (Å²) >= 11 is 0. The van der Waals surface area contributed by atoms with Gasteiger partial charge in [0.25, 0.3) is 0 Å². The van der Waals surface area contributed by atoms with Crippen molar-refractivity contribution in [2.75, 3.05) is 0 Å². The molecule has 0 radical (unpaired) electrons. The fourth-order valence-corrected chi connectivity index (χ4v) is 3.50. The molecule has 0 atom stereocenters. The molecule has 1 N–H and O–H groups in total. The van der Waals surface area contributed by atoms with Crippen LogP contribution in [-0.4, -0.2) is 11.1 Å². The van der Waals surface area contributed by atoms with E-state index in [9.17, 15) is 9.18 Å². The van der Waals surface area contributed by atoms with E-state index in [-0.39, 0.29) is 11.7 Å². The molecule has 1 amide bonds. The summed E-state index contributed by atoms with van der Waals surface area (Å²) in [5, 5.41) is 6.91. The average molecular weight is 316 g/mol. The number of carbonyl (C=O) groups excluding carboxylic acids is 1. The smallest absolute Gasteiger partial charge is 0.230 e. The predicted octanol–water partition coefficient (Wildman–Crippen LogP) is 3.56. The Kier molecular flexibility index (Phi) is 4.20. The van der Waals surface area contributed by atoms with Gasteiger partial charge >= 0.3 is 0 Å². The van der Waals surface area contributed by atoms with E-state index in [1.807, 2.05) is 19.9 Å². The van der Waals surface area contributed by atoms with E-state index < -0.39 is 5.41 Å². The molecule has 0 unspecified atom stereocenters. The molecule has 1 aromatic carbocycles. The summed E-state index contributed by atoms with van der Waals surface area (Å²) in [4.78, 5) is 12.9. The molecule has 1 fully saturated rings. The first kappa shape index (κ1) is 15.7. The minimum atomic E-state index is -0.624. The number of aryl methyl sites for hydroxylation is 2. The van der Waals surface area contributed by atoms with Gasteiger partial charge in [0, 0.05) is 12.1 Å². The van der Waals surface area contributed by atoms with Crippen LogP contribution in [0, 0.1) is 19.7 Å². The number of hydrogen-bond donors (Lipinski definition) is 1. The first-order valence-corrected chi connectivity index (χ1v) is 7.99. The summed E-state index contributed by atoms with van der Waals surface area (Å²) in [6.07, 6.45) is 3.47. The van der Waals surface area contributed by atoms with Crippen molar-refractivity contribution in [3.63, 3.8) is 0 Å². The molecule has 1 aliphatic rings. The largest absolute Gasteiger partial charge is 0.361 e. The molecule has 3 rings (SSSR count). The first-order chi connectivity index (χ1) is 11.0. The molecule has 2 aromatic rings. The number of halogens is 1. The minimum absolute atomic E-state index is 0.0411. The number of rotatable bonds is 4. The Morgan fingerprint density at radius 1 is 1.35 bits per heavy atom. The topological polar surface area (TPSA) is 55.1 Å². The van der Waals surface area contributed by atoms with Crippen LogP contribution < -0.4 is 5.32 Å². The van der Waals surface area contributed by atoms with E-state index in [2.05, 4.69) is 10.5 Å². The van der Waals surface area contributed by atoms with Gasteiger partial charge in [0.05, 0.1) is 11.1 Å². The first-order valence-electron chi connectivity index (χ1n) is 7.99. The summed E-state index contributed by atoms with van der Waals surface area (Å²) in [5.74, 6) is 0.377. The monoisotopic (exact) mass is 316 g/mol. The maximum Gasteiger partial charge on any atom is 0.230 e. The standard InChI is InChI=1S/C18H21FN2O2/c1-12-16(13(2)23-21-12)11-20-17(22)18(8-3-4-9-18)14-6-5-7-15(19)10-14/h5-7,10H,3-4,8-9,11H2,1-2H3,(H,20,22). The Morgan fingerprint density at radius 3 is 2.70 bits per heavy atom. The zero-order valence-corrected chi connectivity index (χ0v) is 13.5. The lowest BCUT2D eigenvalue weighted by Gasteiger charge is -2.28. The highest BCUT2D eigenvalue weighted by Crippen LogP contribution is 2.41. The van der Waals surface area contributed by atoms with E-state index in [0.29, 0.717) is 12.3 Å². The van der Waals surface area contributed by atoms with Crippen LogP contribution in [0.25, 0.3) is 0 Å². The van der Waals surface area contributed by atoms with Crippen LogP contribution in [0.3, 0.4) is 0 Å². The van der Waals surface area contributed by atoms with Gasteiger partial charge in [0.2, 0.25) is 5.91 Å². The highest BCUT2D eigenvalue weighted by Gasteiger charge is 2.42. The number of benzene rings is 1. The van der Waals surface area contributed by atoms with Gasteiger partial charge in [0.1, 0.15) is 11.6 Å². The Bertz CT molecular complexity index is 698. The zero-order valence-electron chi connectivity index (χ0n) is 13.5. The van der Waals surface area contributed by atoms with Crippen molar-refractivity contribution >= 4 is 5.91 Å². The lowest BCUT2D eigenvalue weighted by atomic mass is 9.78. The van der Waals surface area contributed by atoms with E-state index in [4.69, 9.17) is 4.52 Å². The number of nitrogens with one attached hydrogen (secondary N) is 1.